The molecule has 3 aliphatic rings. The molecule has 3 amide bonds. The Hall–Kier alpha value is -2.57. The van der Waals surface area contributed by atoms with Gasteiger partial charge in [0.05, 0.1) is 12.1 Å². The van der Waals surface area contributed by atoms with Gasteiger partial charge in [-0.25, -0.2) is 0 Å². The Bertz CT molecular complexity index is 786. The molecule has 1 unspecified atom stereocenters. The lowest BCUT2D eigenvalue weighted by Gasteiger charge is -2.40. The van der Waals surface area contributed by atoms with Gasteiger partial charge in [0, 0.05) is 19.0 Å². The Balaban J connectivity index is 1.36. The summed E-state index contributed by atoms with van der Waals surface area (Å²) in [6.45, 7) is 2.93. The van der Waals surface area contributed by atoms with Crippen LogP contribution in [0.15, 0.2) is 24.3 Å². The van der Waals surface area contributed by atoms with Gasteiger partial charge in [0.2, 0.25) is 11.8 Å². The number of rotatable bonds is 3. The van der Waals surface area contributed by atoms with E-state index in [1.807, 2.05) is 18.2 Å². The molecule has 2 fully saturated rings. The quantitative estimate of drug-likeness (QED) is 0.828. The third-order valence-corrected chi connectivity index (χ3v) is 6.23. The second kappa shape index (κ2) is 7.45. The van der Waals surface area contributed by atoms with E-state index in [4.69, 9.17) is 4.74 Å². The van der Waals surface area contributed by atoms with Crippen LogP contribution in [-0.4, -0.2) is 53.4 Å². The Kier molecular flexibility index (Phi) is 5.00. The Labute approximate surface area is 164 Å². The predicted molar refractivity (Wildman–Crippen MR) is 103 cm³/mol. The van der Waals surface area contributed by atoms with Crippen LogP contribution >= 0.6 is 0 Å². The van der Waals surface area contributed by atoms with Crippen molar-refractivity contribution >= 4 is 17.7 Å². The van der Waals surface area contributed by atoms with Crippen LogP contribution in [0, 0.1) is 0 Å². The summed E-state index contributed by atoms with van der Waals surface area (Å²) in [7, 11) is 0. The molecular weight excluding hydrogens is 358 g/mol. The lowest BCUT2D eigenvalue weighted by atomic mass is 9.81. The van der Waals surface area contributed by atoms with E-state index in [0.717, 1.165) is 32.1 Å². The molecule has 1 atom stereocenters. The number of ether oxygens (including phenoxy) is 1. The summed E-state index contributed by atoms with van der Waals surface area (Å²) in [6.07, 6.45) is 4.43. The van der Waals surface area contributed by atoms with Crippen molar-refractivity contribution in [2.24, 2.45) is 0 Å². The van der Waals surface area contributed by atoms with Gasteiger partial charge in [-0.15, -0.1) is 0 Å². The topological polar surface area (TPSA) is 87.7 Å². The molecule has 1 aromatic carbocycles. The molecule has 4 rings (SSSR count). The SMILES string of the molecule is CC(C(=O)NC1CCC2(CC1)CNC(=O)c1ccccc1O2)N1CCCC1=O. The van der Waals surface area contributed by atoms with Gasteiger partial charge < -0.3 is 20.3 Å². The zero-order valence-corrected chi connectivity index (χ0v) is 16.2. The number of amides is 3. The number of benzene rings is 1. The van der Waals surface area contributed by atoms with Crippen molar-refractivity contribution in [3.8, 4) is 5.75 Å². The molecule has 1 aliphatic carbocycles. The van der Waals surface area contributed by atoms with Gasteiger partial charge in [-0.05, 0) is 51.2 Å². The van der Waals surface area contributed by atoms with Crippen LogP contribution in [0.2, 0.25) is 0 Å². The Morgan fingerprint density at radius 1 is 1.29 bits per heavy atom. The molecule has 2 N–H and O–H groups in total. The van der Waals surface area contributed by atoms with Crippen LogP contribution in [0.1, 0.15) is 55.8 Å². The second-order valence-electron chi connectivity index (χ2n) is 8.11. The zero-order valence-electron chi connectivity index (χ0n) is 16.2. The first kappa shape index (κ1) is 18.8. The summed E-state index contributed by atoms with van der Waals surface area (Å²) >= 11 is 0. The smallest absolute Gasteiger partial charge is 0.255 e. The number of nitrogens with one attached hydrogen (secondary N) is 2. The minimum Gasteiger partial charge on any atom is -0.485 e. The number of nitrogens with zero attached hydrogens (tertiary/aromatic N) is 1. The van der Waals surface area contributed by atoms with E-state index in [1.165, 1.54) is 0 Å². The van der Waals surface area contributed by atoms with Crippen LogP contribution < -0.4 is 15.4 Å². The zero-order chi connectivity index (χ0) is 19.7. The molecule has 1 saturated carbocycles. The van der Waals surface area contributed by atoms with Gasteiger partial charge in [-0.1, -0.05) is 12.1 Å². The number of hydrogen-bond acceptors (Lipinski definition) is 4. The maximum absolute atomic E-state index is 12.6. The van der Waals surface area contributed by atoms with Crippen LogP contribution in [0.5, 0.6) is 5.75 Å². The van der Waals surface area contributed by atoms with Crippen molar-refractivity contribution in [1.82, 2.24) is 15.5 Å². The van der Waals surface area contributed by atoms with Crippen LogP contribution in [0.25, 0.3) is 0 Å². The number of carbonyl (C=O) groups is 3. The van der Waals surface area contributed by atoms with Gasteiger partial charge in [-0.2, -0.15) is 0 Å². The summed E-state index contributed by atoms with van der Waals surface area (Å²) < 4.78 is 6.30. The normalized spacial score (nSPS) is 28.2. The van der Waals surface area contributed by atoms with E-state index in [-0.39, 0.29) is 23.8 Å². The average Bonchev–Trinajstić information content (AvgIpc) is 3.08. The molecule has 2 aliphatic heterocycles. The molecule has 150 valence electrons. The number of carbonyl (C=O) groups excluding carboxylic acids is 3. The minimum absolute atomic E-state index is 0.0616. The number of hydrogen-bond donors (Lipinski definition) is 2. The van der Waals surface area contributed by atoms with Gasteiger partial charge in [0.25, 0.3) is 5.91 Å². The summed E-state index contributed by atoms with van der Waals surface area (Å²) in [6, 6.07) is 6.96. The molecule has 0 aromatic heterocycles. The van der Waals surface area contributed by atoms with Crippen molar-refractivity contribution in [2.75, 3.05) is 13.1 Å². The molecule has 7 nitrogen and oxygen atoms in total. The third-order valence-electron chi connectivity index (χ3n) is 6.23. The van der Waals surface area contributed by atoms with Crippen LogP contribution in [0.4, 0.5) is 0 Å². The highest BCUT2D eigenvalue weighted by Crippen LogP contribution is 2.36. The van der Waals surface area contributed by atoms with Crippen LogP contribution in [-0.2, 0) is 9.59 Å². The summed E-state index contributed by atoms with van der Waals surface area (Å²) in [4.78, 5) is 38.4. The molecule has 7 heteroatoms. The highest BCUT2D eigenvalue weighted by molar-refractivity contribution is 5.97. The molecule has 1 spiro atoms. The number of likely N-dealkylation sites (tertiary alicyclic amines) is 1. The maximum Gasteiger partial charge on any atom is 0.255 e. The van der Waals surface area contributed by atoms with Crippen molar-refractivity contribution < 1.29 is 19.1 Å². The molecule has 1 aromatic rings. The first-order chi connectivity index (χ1) is 13.5. The van der Waals surface area contributed by atoms with Gasteiger partial charge in [0.1, 0.15) is 17.4 Å². The average molecular weight is 385 g/mol. The fourth-order valence-electron chi connectivity index (χ4n) is 4.46. The highest BCUT2D eigenvalue weighted by Gasteiger charge is 2.41. The fraction of sp³-hybridized carbons (Fsp3) is 0.571. The monoisotopic (exact) mass is 385 g/mol. The molecule has 0 radical (unpaired) electrons. The van der Waals surface area contributed by atoms with E-state index in [1.54, 1.807) is 17.9 Å². The van der Waals surface area contributed by atoms with E-state index < -0.39 is 11.6 Å². The maximum atomic E-state index is 12.6. The first-order valence-electron chi connectivity index (χ1n) is 10.1. The largest absolute Gasteiger partial charge is 0.485 e. The van der Waals surface area contributed by atoms with Gasteiger partial charge in [0.15, 0.2) is 0 Å². The van der Waals surface area contributed by atoms with Gasteiger partial charge >= 0.3 is 0 Å². The minimum atomic E-state index is -0.431. The Morgan fingerprint density at radius 2 is 2.04 bits per heavy atom. The van der Waals surface area contributed by atoms with Crippen molar-refractivity contribution in [3.63, 3.8) is 0 Å². The van der Waals surface area contributed by atoms with E-state index >= 15 is 0 Å². The van der Waals surface area contributed by atoms with Crippen molar-refractivity contribution in [1.29, 1.82) is 0 Å². The standard InChI is InChI=1S/C21H27N3O4/c1-14(24-12-4-7-18(24)25)19(26)23-15-8-10-21(11-9-15)13-22-20(27)16-5-2-3-6-17(16)28-21/h2-3,5-6,14-15H,4,7-13H2,1H3,(H,22,27)(H,23,26). The first-order valence-corrected chi connectivity index (χ1v) is 10.1. The summed E-state index contributed by atoms with van der Waals surface area (Å²) in [5.41, 5.74) is 0.138. The van der Waals surface area contributed by atoms with Crippen LogP contribution in [0.3, 0.4) is 0 Å². The second-order valence-corrected chi connectivity index (χ2v) is 8.11. The lowest BCUT2D eigenvalue weighted by Crippen LogP contribution is -2.53. The summed E-state index contributed by atoms with van der Waals surface area (Å²) in [5, 5.41) is 6.09. The molecule has 1 saturated heterocycles. The molecule has 28 heavy (non-hydrogen) atoms. The highest BCUT2D eigenvalue weighted by atomic mass is 16.5. The number of para-hydroxylation sites is 1. The fourth-order valence-corrected chi connectivity index (χ4v) is 4.46. The van der Waals surface area contributed by atoms with Crippen molar-refractivity contribution in [2.45, 2.75) is 63.1 Å². The van der Waals surface area contributed by atoms with Gasteiger partial charge in [-0.3, -0.25) is 14.4 Å². The molecule has 2 heterocycles. The lowest BCUT2D eigenvalue weighted by molar-refractivity contribution is -0.137. The van der Waals surface area contributed by atoms with E-state index in [9.17, 15) is 14.4 Å². The van der Waals surface area contributed by atoms with E-state index in [0.29, 0.717) is 30.8 Å². The molecule has 0 bridgehead atoms. The number of fused-ring (bicyclic) bond motifs is 1. The predicted octanol–water partition coefficient (Wildman–Crippen LogP) is 1.62. The Morgan fingerprint density at radius 3 is 2.75 bits per heavy atom. The van der Waals surface area contributed by atoms with Crippen molar-refractivity contribution in [3.05, 3.63) is 29.8 Å². The summed E-state index contributed by atoms with van der Waals surface area (Å²) in [5.74, 6) is 0.497. The third kappa shape index (κ3) is 3.57. The molecular formula is C21H27N3O4. The van der Waals surface area contributed by atoms with E-state index in [2.05, 4.69) is 10.6 Å².